The molecule has 1 saturated heterocycles. The summed E-state index contributed by atoms with van der Waals surface area (Å²) in [6.07, 6.45) is 2.82. The first-order chi connectivity index (χ1) is 18.1. The molecule has 3 heterocycles. The molecule has 1 aliphatic heterocycles. The van der Waals surface area contributed by atoms with Crippen molar-refractivity contribution in [3.05, 3.63) is 95.0 Å². The fourth-order valence-corrected chi connectivity index (χ4v) is 5.64. The van der Waals surface area contributed by atoms with Gasteiger partial charge in [0.15, 0.2) is 5.11 Å². The lowest BCUT2D eigenvalue weighted by Crippen LogP contribution is -2.29. The van der Waals surface area contributed by atoms with Gasteiger partial charge in [0, 0.05) is 28.5 Å². The van der Waals surface area contributed by atoms with E-state index in [1.54, 1.807) is 24.4 Å². The van der Waals surface area contributed by atoms with Crippen molar-refractivity contribution < 1.29 is 17.6 Å². The predicted molar refractivity (Wildman–Crippen MR) is 153 cm³/mol. The number of nitrogens with one attached hydrogen (secondary N) is 2. The van der Waals surface area contributed by atoms with Crippen molar-refractivity contribution in [3.8, 4) is 17.1 Å². The molecule has 0 aliphatic carbocycles. The monoisotopic (exact) mass is 568 g/mol. The van der Waals surface area contributed by atoms with Crippen LogP contribution in [0.2, 0.25) is 5.02 Å². The molecule has 2 aromatic carbocycles. The van der Waals surface area contributed by atoms with E-state index in [1.807, 2.05) is 60.4 Å². The highest BCUT2D eigenvalue weighted by molar-refractivity contribution is 7.92. The molecule has 0 amide bonds. The van der Waals surface area contributed by atoms with Crippen LogP contribution >= 0.6 is 23.8 Å². The Balaban J connectivity index is 1.61. The lowest BCUT2D eigenvalue weighted by molar-refractivity contribution is 0.416. The maximum atomic E-state index is 11.8. The molecule has 0 saturated carbocycles. The van der Waals surface area contributed by atoms with Gasteiger partial charge in [-0.15, -0.1) is 0 Å². The number of nitrogens with zero attached hydrogens (tertiary/aromatic N) is 2. The number of anilines is 2. The average molecular weight is 569 g/mol. The first-order valence-electron chi connectivity index (χ1n) is 11.7. The number of furan rings is 1. The molecular formula is C27H25ClN4O4S2. The first-order valence-corrected chi connectivity index (χ1v) is 14.3. The topological polar surface area (TPSA) is 96.7 Å². The van der Waals surface area contributed by atoms with Gasteiger partial charge in [-0.2, -0.15) is 0 Å². The molecule has 11 heteroatoms. The van der Waals surface area contributed by atoms with Crippen molar-refractivity contribution >= 4 is 50.3 Å². The molecule has 196 valence electrons. The summed E-state index contributed by atoms with van der Waals surface area (Å²) in [6, 6.07) is 19.7. The van der Waals surface area contributed by atoms with Crippen molar-refractivity contribution in [2.24, 2.45) is 0 Å². The second-order valence-corrected chi connectivity index (χ2v) is 11.5. The number of sulfonamides is 1. The fraction of sp³-hybridized carbons (Fsp3) is 0.185. The Morgan fingerprint density at radius 1 is 1.13 bits per heavy atom. The third kappa shape index (κ3) is 5.20. The minimum atomic E-state index is -3.50. The zero-order chi connectivity index (χ0) is 27.0. The number of aryl methyl sites for hydroxylation is 1. The number of hydrogen-bond acceptors (Lipinski definition) is 6. The summed E-state index contributed by atoms with van der Waals surface area (Å²) >= 11 is 12.1. The van der Waals surface area contributed by atoms with Gasteiger partial charge in [-0.25, -0.2) is 8.42 Å². The van der Waals surface area contributed by atoms with Gasteiger partial charge in [0.1, 0.15) is 23.3 Å². The van der Waals surface area contributed by atoms with E-state index in [1.165, 1.54) is 7.11 Å². The van der Waals surface area contributed by atoms with E-state index in [0.29, 0.717) is 38.8 Å². The van der Waals surface area contributed by atoms with Crippen LogP contribution in [-0.4, -0.2) is 31.9 Å². The molecule has 8 nitrogen and oxygen atoms in total. The minimum absolute atomic E-state index is 0.317. The van der Waals surface area contributed by atoms with Crippen LogP contribution in [0.25, 0.3) is 11.3 Å². The maximum Gasteiger partial charge on any atom is 0.229 e. The third-order valence-corrected chi connectivity index (χ3v) is 7.38. The molecule has 0 radical (unpaired) electrons. The summed E-state index contributed by atoms with van der Waals surface area (Å²) in [4.78, 5) is 6.49. The highest BCUT2D eigenvalue weighted by atomic mass is 35.5. The van der Waals surface area contributed by atoms with Crippen LogP contribution in [-0.2, 0) is 10.0 Å². The number of halogens is 1. The molecule has 1 aliphatic rings. The molecule has 38 heavy (non-hydrogen) atoms. The van der Waals surface area contributed by atoms with Crippen LogP contribution in [0.15, 0.2) is 77.3 Å². The van der Waals surface area contributed by atoms with E-state index in [0.717, 1.165) is 23.1 Å². The molecule has 5 rings (SSSR count). The van der Waals surface area contributed by atoms with Crippen molar-refractivity contribution in [1.29, 1.82) is 0 Å². The van der Waals surface area contributed by atoms with Gasteiger partial charge in [-0.3, -0.25) is 9.71 Å². The summed E-state index contributed by atoms with van der Waals surface area (Å²) in [5.74, 6) is 1.70. The normalized spacial score (nSPS) is 17.4. The van der Waals surface area contributed by atoms with Crippen molar-refractivity contribution in [1.82, 2.24) is 10.3 Å². The molecule has 2 aromatic heterocycles. The Hall–Kier alpha value is -3.60. The lowest BCUT2D eigenvalue weighted by atomic mass is 10.0. The second-order valence-electron chi connectivity index (χ2n) is 8.92. The quantitative estimate of drug-likeness (QED) is 0.268. The molecule has 0 unspecified atom stereocenters. The summed E-state index contributed by atoms with van der Waals surface area (Å²) in [5, 5.41) is 4.48. The van der Waals surface area contributed by atoms with Crippen molar-refractivity contribution in [2.45, 2.75) is 19.0 Å². The number of thiocarbonyl (C=S) groups is 1. The molecule has 0 spiro atoms. The standard InChI is InChI=1S/C27H25ClN4O4S2/c1-16-7-8-17(28)14-19(16)22-11-12-23(36-22)26-25(21-6-4-5-13-29-21)30-27(37)32(26)18-9-10-20(24(15-18)35-2)31-38(3,33)34/h4-15,25-26,31H,1-3H3,(H,30,37)/t25-,26+/m0/s1. The highest BCUT2D eigenvalue weighted by Gasteiger charge is 2.43. The van der Waals surface area contributed by atoms with Gasteiger partial charge in [0.25, 0.3) is 0 Å². The first kappa shape index (κ1) is 26.0. The molecule has 2 atom stereocenters. The van der Waals surface area contributed by atoms with Crippen LogP contribution in [0, 0.1) is 6.92 Å². The smallest absolute Gasteiger partial charge is 0.229 e. The molecule has 2 N–H and O–H groups in total. The van der Waals surface area contributed by atoms with Crippen molar-refractivity contribution in [3.63, 3.8) is 0 Å². The fourth-order valence-electron chi connectivity index (χ4n) is 4.55. The number of rotatable bonds is 7. The van der Waals surface area contributed by atoms with E-state index < -0.39 is 16.1 Å². The number of pyridine rings is 1. The van der Waals surface area contributed by atoms with Crippen LogP contribution in [0.3, 0.4) is 0 Å². The Bertz CT molecular complexity index is 1610. The second kappa shape index (κ2) is 10.3. The highest BCUT2D eigenvalue weighted by Crippen LogP contribution is 2.44. The number of hydrogen-bond donors (Lipinski definition) is 2. The van der Waals surface area contributed by atoms with E-state index in [2.05, 4.69) is 15.0 Å². The van der Waals surface area contributed by atoms with Crippen LogP contribution in [0.5, 0.6) is 5.75 Å². The molecular weight excluding hydrogens is 544 g/mol. The van der Waals surface area contributed by atoms with Gasteiger partial charge in [0.05, 0.1) is 30.8 Å². The van der Waals surface area contributed by atoms with E-state index in [9.17, 15) is 8.42 Å². The van der Waals surface area contributed by atoms with E-state index in [-0.39, 0.29) is 6.04 Å². The Morgan fingerprint density at radius 2 is 1.95 bits per heavy atom. The third-order valence-electron chi connectivity index (χ3n) is 6.24. The Labute approximate surface area is 231 Å². The van der Waals surface area contributed by atoms with E-state index >= 15 is 0 Å². The molecule has 4 aromatic rings. The zero-order valence-corrected chi connectivity index (χ0v) is 23.2. The largest absolute Gasteiger partial charge is 0.494 e. The van der Waals surface area contributed by atoms with Crippen molar-refractivity contribution in [2.75, 3.05) is 23.0 Å². The molecule has 1 fully saturated rings. The number of methoxy groups -OCH3 is 1. The van der Waals surface area contributed by atoms with Gasteiger partial charge in [0.2, 0.25) is 10.0 Å². The predicted octanol–water partition coefficient (Wildman–Crippen LogP) is 5.86. The average Bonchev–Trinajstić information content (AvgIpc) is 3.50. The summed E-state index contributed by atoms with van der Waals surface area (Å²) < 4.78 is 38.1. The summed E-state index contributed by atoms with van der Waals surface area (Å²) in [7, 11) is -2.02. The van der Waals surface area contributed by atoms with E-state index in [4.69, 9.17) is 33.0 Å². The lowest BCUT2D eigenvalue weighted by Gasteiger charge is -2.27. The van der Waals surface area contributed by atoms with Gasteiger partial charge in [-0.1, -0.05) is 23.7 Å². The number of aromatic nitrogens is 1. The van der Waals surface area contributed by atoms with Crippen LogP contribution < -0.4 is 19.7 Å². The summed E-state index contributed by atoms with van der Waals surface area (Å²) in [5.41, 5.74) is 3.75. The minimum Gasteiger partial charge on any atom is -0.494 e. The Morgan fingerprint density at radius 3 is 2.66 bits per heavy atom. The van der Waals surface area contributed by atoms with Gasteiger partial charge in [-0.05, 0) is 73.2 Å². The Kier molecular flexibility index (Phi) is 7.04. The number of ether oxygens (including phenoxy) is 1. The summed E-state index contributed by atoms with van der Waals surface area (Å²) in [6.45, 7) is 2.00. The van der Waals surface area contributed by atoms with Gasteiger partial charge >= 0.3 is 0 Å². The van der Waals surface area contributed by atoms with Gasteiger partial charge < -0.3 is 19.4 Å². The SMILES string of the molecule is COc1cc(N2C(=S)N[C@@H](c3ccccn3)[C@H]2c2ccc(-c3cc(Cl)ccc3C)o2)ccc1NS(C)(=O)=O. The number of benzene rings is 2. The van der Waals surface area contributed by atoms with Crippen LogP contribution in [0.1, 0.15) is 29.1 Å². The van der Waals surface area contributed by atoms with Crippen LogP contribution in [0.4, 0.5) is 11.4 Å². The molecule has 0 bridgehead atoms. The maximum absolute atomic E-state index is 11.8. The zero-order valence-electron chi connectivity index (χ0n) is 20.8.